The fraction of sp³-hybridized carbons (Fsp3) is 0.357. The van der Waals surface area contributed by atoms with Gasteiger partial charge in [-0.05, 0) is 24.3 Å². The van der Waals surface area contributed by atoms with E-state index in [9.17, 15) is 0 Å². The van der Waals surface area contributed by atoms with Crippen LogP contribution >= 0.6 is 11.8 Å². The summed E-state index contributed by atoms with van der Waals surface area (Å²) in [6.45, 7) is 2.50. The number of allylic oxidation sites excluding steroid dienone is 1. The van der Waals surface area contributed by atoms with Gasteiger partial charge in [0.05, 0.1) is 0 Å². The Morgan fingerprint density at radius 1 is 1.40 bits per heavy atom. The minimum Gasteiger partial charge on any atom is -0.373 e. The number of aliphatic imine (C=N–C) groups is 1. The van der Waals surface area contributed by atoms with Gasteiger partial charge in [-0.2, -0.15) is 0 Å². The Morgan fingerprint density at radius 3 is 2.70 bits per heavy atom. The summed E-state index contributed by atoms with van der Waals surface area (Å²) >= 11 is 1.60. The average molecular weight is 291 g/mol. The Labute approximate surface area is 124 Å². The second kappa shape index (κ2) is 6.30. The molecule has 1 aliphatic rings. The molecule has 1 unspecified atom stereocenters. The molecule has 1 atom stereocenters. The first-order chi connectivity index (χ1) is 9.63. The lowest BCUT2D eigenvalue weighted by atomic mass is 9.96. The molecule has 6 heteroatoms. The first-order valence-corrected chi connectivity index (χ1v) is 7.74. The zero-order valence-electron chi connectivity index (χ0n) is 12.1. The predicted octanol–water partition coefficient (Wildman–Crippen LogP) is 1.33. The van der Waals surface area contributed by atoms with Crippen LogP contribution in [0, 0.1) is 0 Å². The van der Waals surface area contributed by atoms with Crippen molar-refractivity contribution in [3.63, 3.8) is 0 Å². The highest BCUT2D eigenvalue weighted by Gasteiger charge is 2.26. The molecule has 2 rings (SSSR count). The maximum atomic E-state index is 6.16. The smallest absolute Gasteiger partial charge is 0.183 e. The van der Waals surface area contributed by atoms with E-state index in [0.29, 0.717) is 6.54 Å². The molecule has 0 saturated heterocycles. The van der Waals surface area contributed by atoms with Crippen LogP contribution in [0.3, 0.4) is 0 Å². The van der Waals surface area contributed by atoms with Gasteiger partial charge in [0.1, 0.15) is 5.84 Å². The van der Waals surface area contributed by atoms with Crippen LogP contribution in [-0.2, 0) is 6.54 Å². The zero-order chi connectivity index (χ0) is 14.7. The van der Waals surface area contributed by atoms with E-state index < -0.39 is 0 Å². The molecule has 1 heterocycles. The number of amidine groups is 1. The molecule has 1 aromatic rings. The number of benzene rings is 1. The van der Waals surface area contributed by atoms with E-state index in [4.69, 9.17) is 11.6 Å². The Morgan fingerprint density at radius 2 is 2.10 bits per heavy atom. The predicted molar refractivity (Wildman–Crippen MR) is 86.8 cm³/mol. The number of hydrazine groups is 1. The molecular weight excluding hydrogens is 270 g/mol. The van der Waals surface area contributed by atoms with E-state index >= 15 is 0 Å². The Kier molecular flexibility index (Phi) is 4.69. The summed E-state index contributed by atoms with van der Waals surface area (Å²) in [4.78, 5) is 4.65. The number of hydrogen-bond donors (Lipinski definition) is 3. The third-order valence-corrected chi connectivity index (χ3v) is 4.17. The summed E-state index contributed by atoms with van der Waals surface area (Å²) in [6, 6.07) is 8.08. The summed E-state index contributed by atoms with van der Waals surface area (Å²) in [7, 11) is 1.88. The monoisotopic (exact) mass is 291 g/mol. The molecule has 1 aromatic carbocycles. The maximum absolute atomic E-state index is 6.16. The van der Waals surface area contributed by atoms with Gasteiger partial charge in [-0.1, -0.05) is 24.3 Å². The summed E-state index contributed by atoms with van der Waals surface area (Å²) in [5.74, 6) is 7.01. The molecular formula is C14H21N5S. The molecule has 0 aliphatic carbocycles. The number of likely N-dealkylation sites (N-methyl/N-ethyl adjacent to an activating group) is 1. The number of nitrogens with zero attached hydrogens (tertiary/aromatic N) is 2. The molecule has 0 spiro atoms. The molecule has 0 aromatic heterocycles. The van der Waals surface area contributed by atoms with Gasteiger partial charge in [0.15, 0.2) is 5.50 Å². The third kappa shape index (κ3) is 2.54. The molecule has 1 aliphatic heterocycles. The Bertz CT molecular complexity index is 552. The second-order valence-corrected chi connectivity index (χ2v) is 5.41. The Hall–Kier alpha value is -1.50. The van der Waals surface area contributed by atoms with Gasteiger partial charge < -0.3 is 11.1 Å². The standard InChI is InChI=1S/C14H21N5S/c1-9-12(11-7-5-4-6-10(11)8-15)13(17-2)18-14(20-3)19(9)16/h4-7,14H,8,15-16H2,1-3H3,(H,17,18). The summed E-state index contributed by atoms with van der Waals surface area (Å²) in [5.41, 5.74) is 9.91. The van der Waals surface area contributed by atoms with Crippen molar-refractivity contribution >= 4 is 23.2 Å². The van der Waals surface area contributed by atoms with Crippen molar-refractivity contribution in [2.75, 3.05) is 13.3 Å². The van der Waals surface area contributed by atoms with E-state index in [-0.39, 0.29) is 5.50 Å². The highest BCUT2D eigenvalue weighted by atomic mass is 32.2. The van der Waals surface area contributed by atoms with Crippen LogP contribution in [-0.4, -0.2) is 29.6 Å². The number of nitrogens with one attached hydrogen (secondary N) is 1. The largest absolute Gasteiger partial charge is 0.373 e. The van der Waals surface area contributed by atoms with Crippen LogP contribution in [0.4, 0.5) is 0 Å². The normalized spacial score (nSPS) is 19.1. The lowest BCUT2D eigenvalue weighted by molar-refractivity contribution is 0.342. The van der Waals surface area contributed by atoms with Crippen molar-refractivity contribution < 1.29 is 0 Å². The van der Waals surface area contributed by atoms with E-state index in [0.717, 1.165) is 28.2 Å². The highest BCUT2D eigenvalue weighted by Crippen LogP contribution is 2.31. The van der Waals surface area contributed by atoms with Crippen molar-refractivity contribution in [1.29, 1.82) is 0 Å². The first kappa shape index (κ1) is 14.9. The van der Waals surface area contributed by atoms with E-state index in [1.807, 2.05) is 38.4 Å². The average Bonchev–Trinajstić information content (AvgIpc) is 2.49. The van der Waals surface area contributed by atoms with Crippen LogP contribution in [0.2, 0.25) is 0 Å². The van der Waals surface area contributed by atoms with Gasteiger partial charge in [-0.25, -0.2) is 10.8 Å². The first-order valence-electron chi connectivity index (χ1n) is 6.45. The van der Waals surface area contributed by atoms with Gasteiger partial charge in [0.25, 0.3) is 0 Å². The van der Waals surface area contributed by atoms with Crippen molar-refractivity contribution in [2.45, 2.75) is 19.0 Å². The van der Waals surface area contributed by atoms with E-state index in [2.05, 4.69) is 16.4 Å². The maximum Gasteiger partial charge on any atom is 0.183 e. The third-order valence-electron chi connectivity index (χ3n) is 3.42. The van der Waals surface area contributed by atoms with Crippen LogP contribution in [0.25, 0.3) is 5.57 Å². The minimum atomic E-state index is -0.105. The molecule has 20 heavy (non-hydrogen) atoms. The fourth-order valence-corrected chi connectivity index (χ4v) is 2.92. The van der Waals surface area contributed by atoms with Gasteiger partial charge >= 0.3 is 0 Å². The van der Waals surface area contributed by atoms with Crippen molar-refractivity contribution in [3.05, 3.63) is 41.1 Å². The van der Waals surface area contributed by atoms with Crippen LogP contribution in [0.5, 0.6) is 0 Å². The fourth-order valence-electron chi connectivity index (χ4n) is 2.32. The van der Waals surface area contributed by atoms with Crippen molar-refractivity contribution in [2.24, 2.45) is 16.6 Å². The van der Waals surface area contributed by atoms with E-state index in [1.165, 1.54) is 0 Å². The van der Waals surface area contributed by atoms with Crippen LogP contribution in [0.15, 0.2) is 35.0 Å². The van der Waals surface area contributed by atoms with Crippen molar-refractivity contribution in [3.8, 4) is 0 Å². The topological polar surface area (TPSA) is 79.7 Å². The summed E-state index contributed by atoms with van der Waals surface area (Å²) in [6.07, 6.45) is 1.99. The molecule has 108 valence electrons. The molecule has 0 saturated carbocycles. The molecule has 5 nitrogen and oxygen atoms in total. The molecule has 0 bridgehead atoms. The van der Waals surface area contributed by atoms with E-state index in [1.54, 1.807) is 16.8 Å². The number of hydrogen-bond acceptors (Lipinski definition) is 6. The molecule has 0 fully saturated rings. The molecule has 0 amide bonds. The van der Waals surface area contributed by atoms with Gasteiger partial charge in [0, 0.05) is 24.9 Å². The van der Waals surface area contributed by atoms with Gasteiger partial charge in [-0.15, -0.1) is 11.8 Å². The van der Waals surface area contributed by atoms with Gasteiger partial charge in [0.2, 0.25) is 0 Å². The lowest BCUT2D eigenvalue weighted by Crippen LogP contribution is -2.43. The quantitative estimate of drug-likeness (QED) is 0.732. The minimum absolute atomic E-state index is 0.105. The molecule has 0 radical (unpaired) electrons. The van der Waals surface area contributed by atoms with Crippen LogP contribution < -0.4 is 16.9 Å². The van der Waals surface area contributed by atoms with Crippen molar-refractivity contribution in [1.82, 2.24) is 10.3 Å². The summed E-state index contributed by atoms with van der Waals surface area (Å²) in [5, 5.41) is 4.88. The van der Waals surface area contributed by atoms with Gasteiger partial charge in [-0.3, -0.25) is 5.01 Å². The highest BCUT2D eigenvalue weighted by molar-refractivity contribution is 7.99. The Balaban J connectivity index is 2.58. The number of rotatable bonds is 3. The number of nitrogens with two attached hydrogens (primary N) is 2. The second-order valence-electron chi connectivity index (χ2n) is 4.52. The SMILES string of the molecule is CNC1=NC(SC)N(N)C(C)=C1c1ccccc1CN. The van der Waals surface area contributed by atoms with Crippen LogP contribution in [0.1, 0.15) is 18.1 Å². The lowest BCUT2D eigenvalue weighted by Gasteiger charge is -2.33. The molecule has 5 N–H and O–H groups in total. The zero-order valence-corrected chi connectivity index (χ0v) is 12.9. The number of thioether (sulfide) groups is 1. The summed E-state index contributed by atoms with van der Waals surface area (Å²) < 4.78 is 0.